The average molecular weight is 248 g/mol. The van der Waals surface area contributed by atoms with Crippen molar-refractivity contribution in [1.29, 1.82) is 0 Å². The Hall–Kier alpha value is -1.27. The van der Waals surface area contributed by atoms with Gasteiger partial charge in [-0.2, -0.15) is 9.97 Å². The second kappa shape index (κ2) is 3.71. The van der Waals surface area contributed by atoms with Gasteiger partial charge in [-0.05, 0) is 11.6 Å². The van der Waals surface area contributed by atoms with E-state index in [1.165, 1.54) is 4.57 Å². The zero-order valence-electron chi connectivity index (χ0n) is 7.50. The van der Waals surface area contributed by atoms with Crippen LogP contribution in [0.15, 0.2) is 4.79 Å². The monoisotopic (exact) mass is 247 g/mol. The van der Waals surface area contributed by atoms with Gasteiger partial charge in [0.15, 0.2) is 11.2 Å². The van der Waals surface area contributed by atoms with Gasteiger partial charge in [0.05, 0.1) is 0 Å². The fraction of sp³-hybridized carbons (Fsp3) is 0.286. The molecule has 0 spiro atoms. The van der Waals surface area contributed by atoms with E-state index in [0.717, 1.165) is 0 Å². The van der Waals surface area contributed by atoms with E-state index in [0.29, 0.717) is 12.4 Å². The van der Waals surface area contributed by atoms with Crippen LogP contribution in [0.25, 0.3) is 11.2 Å². The number of imidazole rings is 1. The number of nitrogens with zero attached hydrogens (tertiary/aromatic N) is 3. The molecule has 0 atom stereocenters. The largest absolute Gasteiger partial charge is 0.369 e. The molecule has 0 aromatic carbocycles. The van der Waals surface area contributed by atoms with Crippen LogP contribution in [0.2, 0.25) is 5.28 Å². The van der Waals surface area contributed by atoms with Gasteiger partial charge in [0.1, 0.15) is 0 Å². The van der Waals surface area contributed by atoms with Crippen LogP contribution in [-0.2, 0) is 6.54 Å². The van der Waals surface area contributed by atoms with Crippen molar-refractivity contribution in [3.05, 3.63) is 15.6 Å². The molecule has 2 aromatic heterocycles. The van der Waals surface area contributed by atoms with Crippen molar-refractivity contribution in [3.8, 4) is 0 Å². The maximum atomic E-state index is 11.6. The SMILES string of the molecule is Nc1nc2nc(Cl)n(CCCl)c2c(=O)[nH]1. The number of fused-ring (bicyclic) bond motifs is 1. The van der Waals surface area contributed by atoms with Crippen molar-refractivity contribution in [3.63, 3.8) is 0 Å². The number of rotatable bonds is 2. The summed E-state index contributed by atoms with van der Waals surface area (Å²) in [7, 11) is 0. The third-order valence-corrected chi connectivity index (χ3v) is 2.35. The molecule has 2 aromatic rings. The summed E-state index contributed by atoms with van der Waals surface area (Å²) < 4.78 is 1.50. The highest BCUT2D eigenvalue weighted by Gasteiger charge is 2.13. The molecule has 3 N–H and O–H groups in total. The summed E-state index contributed by atoms with van der Waals surface area (Å²) in [6.45, 7) is 0.394. The van der Waals surface area contributed by atoms with Gasteiger partial charge >= 0.3 is 0 Å². The first-order chi connectivity index (χ1) is 7.13. The quantitative estimate of drug-likeness (QED) is 0.601. The minimum Gasteiger partial charge on any atom is -0.369 e. The molecule has 2 heterocycles. The van der Waals surface area contributed by atoms with E-state index < -0.39 is 0 Å². The molecule has 0 aliphatic rings. The molecule has 0 aliphatic carbocycles. The maximum Gasteiger partial charge on any atom is 0.278 e. The minimum atomic E-state index is -0.373. The van der Waals surface area contributed by atoms with Crippen LogP contribution in [0.1, 0.15) is 0 Å². The predicted molar refractivity (Wildman–Crippen MR) is 58.3 cm³/mol. The highest BCUT2D eigenvalue weighted by atomic mass is 35.5. The number of halogens is 2. The summed E-state index contributed by atoms with van der Waals surface area (Å²) in [5.41, 5.74) is 5.51. The third kappa shape index (κ3) is 1.66. The van der Waals surface area contributed by atoms with E-state index in [1.54, 1.807) is 0 Å². The van der Waals surface area contributed by atoms with E-state index in [2.05, 4.69) is 15.0 Å². The molecular weight excluding hydrogens is 241 g/mol. The Labute approximate surface area is 94.0 Å². The van der Waals surface area contributed by atoms with Gasteiger partial charge in [0, 0.05) is 12.4 Å². The zero-order valence-corrected chi connectivity index (χ0v) is 9.01. The second-order valence-corrected chi connectivity index (χ2v) is 3.56. The smallest absolute Gasteiger partial charge is 0.278 e. The van der Waals surface area contributed by atoms with Crippen molar-refractivity contribution in [2.45, 2.75) is 6.54 Å². The fourth-order valence-corrected chi connectivity index (χ4v) is 1.74. The molecule has 15 heavy (non-hydrogen) atoms. The Morgan fingerprint density at radius 3 is 2.87 bits per heavy atom. The Balaban J connectivity index is 2.81. The number of aromatic amines is 1. The standard InChI is InChI=1S/C7H7Cl2N5O/c8-1-2-14-3-4(11-6(14)9)12-7(10)13-5(3)15/h1-2H2,(H3,10,12,13,15). The summed E-state index contributed by atoms with van der Waals surface area (Å²) in [5, 5.41) is 0.175. The fourth-order valence-electron chi connectivity index (χ4n) is 1.32. The van der Waals surface area contributed by atoms with Gasteiger partial charge in [-0.3, -0.25) is 9.78 Å². The van der Waals surface area contributed by atoms with Crippen molar-refractivity contribution in [2.24, 2.45) is 0 Å². The summed E-state index contributed by atoms with van der Waals surface area (Å²) >= 11 is 11.4. The van der Waals surface area contributed by atoms with Crippen LogP contribution in [0.3, 0.4) is 0 Å². The topological polar surface area (TPSA) is 89.6 Å². The highest BCUT2D eigenvalue weighted by Crippen LogP contribution is 2.15. The van der Waals surface area contributed by atoms with Crippen molar-refractivity contribution >= 4 is 40.3 Å². The van der Waals surface area contributed by atoms with Crippen molar-refractivity contribution < 1.29 is 0 Å². The Morgan fingerprint density at radius 2 is 2.20 bits per heavy atom. The van der Waals surface area contributed by atoms with E-state index in [4.69, 9.17) is 28.9 Å². The summed E-state index contributed by atoms with van der Waals surface area (Å²) in [6.07, 6.45) is 0. The number of alkyl halides is 1. The van der Waals surface area contributed by atoms with Crippen molar-refractivity contribution in [1.82, 2.24) is 19.5 Å². The molecule has 2 rings (SSSR count). The van der Waals surface area contributed by atoms with Gasteiger partial charge in [-0.1, -0.05) is 0 Å². The number of nitrogen functional groups attached to an aromatic ring is 1. The molecule has 0 amide bonds. The summed E-state index contributed by atoms with van der Waals surface area (Å²) in [6, 6.07) is 0. The predicted octanol–water partition coefficient (Wildman–Crippen LogP) is 0.594. The van der Waals surface area contributed by atoms with Gasteiger partial charge in [-0.15, -0.1) is 11.6 Å². The van der Waals surface area contributed by atoms with E-state index >= 15 is 0 Å². The van der Waals surface area contributed by atoms with Crippen molar-refractivity contribution in [2.75, 3.05) is 11.6 Å². The molecule has 0 radical (unpaired) electrons. The lowest BCUT2D eigenvalue weighted by atomic mass is 10.5. The Bertz CT molecular complexity index is 560. The zero-order chi connectivity index (χ0) is 11.0. The van der Waals surface area contributed by atoms with Crippen LogP contribution < -0.4 is 11.3 Å². The molecule has 8 heteroatoms. The Kier molecular flexibility index (Phi) is 2.54. The lowest BCUT2D eigenvalue weighted by molar-refractivity contribution is 0.790. The number of H-pyrrole nitrogens is 1. The number of aryl methyl sites for hydroxylation is 1. The number of hydrogen-bond acceptors (Lipinski definition) is 4. The molecule has 6 nitrogen and oxygen atoms in total. The molecule has 0 fully saturated rings. The van der Waals surface area contributed by atoms with Gasteiger partial charge in [-0.25, -0.2) is 0 Å². The van der Waals surface area contributed by atoms with Crippen LogP contribution in [0.4, 0.5) is 5.95 Å². The molecule has 0 saturated carbocycles. The first-order valence-electron chi connectivity index (χ1n) is 4.11. The highest BCUT2D eigenvalue weighted by molar-refractivity contribution is 6.29. The van der Waals surface area contributed by atoms with Crippen LogP contribution in [0, 0.1) is 0 Å². The lowest BCUT2D eigenvalue weighted by Crippen LogP contribution is -2.15. The normalized spacial score (nSPS) is 11.1. The van der Waals surface area contributed by atoms with Gasteiger partial charge in [0.25, 0.3) is 5.56 Å². The Morgan fingerprint density at radius 1 is 1.47 bits per heavy atom. The minimum absolute atomic E-state index is 0.0136. The molecule has 0 bridgehead atoms. The summed E-state index contributed by atoms with van der Waals surface area (Å²) in [5.74, 6) is 0.342. The number of nitrogens with two attached hydrogens (primary N) is 1. The molecule has 0 unspecified atom stereocenters. The lowest BCUT2D eigenvalue weighted by Gasteiger charge is -2.00. The van der Waals surface area contributed by atoms with E-state index in [9.17, 15) is 4.79 Å². The van der Waals surface area contributed by atoms with Crippen LogP contribution >= 0.6 is 23.2 Å². The van der Waals surface area contributed by atoms with Crippen LogP contribution in [0.5, 0.6) is 0 Å². The van der Waals surface area contributed by atoms with Gasteiger partial charge in [0.2, 0.25) is 11.2 Å². The molecule has 0 saturated heterocycles. The number of hydrogen-bond donors (Lipinski definition) is 2. The van der Waals surface area contributed by atoms with E-state index in [-0.39, 0.29) is 28.0 Å². The summed E-state index contributed by atoms with van der Waals surface area (Å²) in [4.78, 5) is 21.7. The first kappa shape index (κ1) is 10.3. The number of aromatic nitrogens is 4. The number of nitrogens with one attached hydrogen (secondary N) is 1. The van der Waals surface area contributed by atoms with Crippen LogP contribution in [-0.4, -0.2) is 25.4 Å². The third-order valence-electron chi connectivity index (χ3n) is 1.89. The molecular formula is C7H7Cl2N5O. The first-order valence-corrected chi connectivity index (χ1v) is 5.02. The molecule has 0 aliphatic heterocycles. The average Bonchev–Trinajstić information content (AvgIpc) is 2.43. The number of anilines is 1. The molecule has 80 valence electrons. The van der Waals surface area contributed by atoms with Gasteiger partial charge < -0.3 is 10.3 Å². The second-order valence-electron chi connectivity index (χ2n) is 2.84. The van der Waals surface area contributed by atoms with E-state index in [1.807, 2.05) is 0 Å². The maximum absolute atomic E-state index is 11.6.